The molecule has 0 aromatic rings. The summed E-state index contributed by atoms with van der Waals surface area (Å²) in [6.45, 7) is 3.74. The van der Waals surface area contributed by atoms with Crippen LogP contribution >= 0.6 is 0 Å². The molecule has 0 aromatic carbocycles. The van der Waals surface area contributed by atoms with Crippen molar-refractivity contribution in [3.8, 4) is 0 Å². The van der Waals surface area contributed by atoms with Gasteiger partial charge in [0.05, 0.1) is 18.3 Å². The Bertz CT molecular complexity index is 642. The second-order valence-electron chi connectivity index (χ2n) is 11.2. The fourth-order valence-corrected chi connectivity index (χ4v) is 5.99. The Morgan fingerprint density at radius 2 is 1.70 bits per heavy atom. The van der Waals surface area contributed by atoms with Gasteiger partial charge in [-0.15, -0.1) is 0 Å². The molecule has 37 heavy (non-hydrogen) atoms. The number of aliphatic carboxylic acids is 1. The highest BCUT2D eigenvalue weighted by Gasteiger charge is 2.42. The van der Waals surface area contributed by atoms with Crippen molar-refractivity contribution in [2.75, 3.05) is 13.2 Å². The maximum Gasteiger partial charge on any atom is 0.303 e. The average Bonchev–Trinajstić information content (AvgIpc) is 3.19. The van der Waals surface area contributed by atoms with Crippen molar-refractivity contribution in [1.82, 2.24) is 0 Å². The van der Waals surface area contributed by atoms with Crippen LogP contribution in [0.3, 0.4) is 0 Å². The molecule has 0 spiro atoms. The Labute approximate surface area is 224 Å². The minimum atomic E-state index is -0.726. The van der Waals surface area contributed by atoms with E-state index in [2.05, 4.69) is 19.1 Å². The summed E-state index contributed by atoms with van der Waals surface area (Å²) in [4.78, 5) is 10.8. The summed E-state index contributed by atoms with van der Waals surface area (Å²) in [5.41, 5.74) is 0. The van der Waals surface area contributed by atoms with E-state index >= 15 is 0 Å². The lowest BCUT2D eigenvalue weighted by atomic mass is 9.87. The van der Waals surface area contributed by atoms with Gasteiger partial charge in [0.25, 0.3) is 0 Å². The smallest absolute Gasteiger partial charge is 0.303 e. The van der Waals surface area contributed by atoms with Gasteiger partial charge in [-0.1, -0.05) is 57.6 Å². The van der Waals surface area contributed by atoms with Gasteiger partial charge in [0.1, 0.15) is 0 Å². The van der Waals surface area contributed by atoms with Crippen LogP contribution in [0.15, 0.2) is 12.2 Å². The van der Waals surface area contributed by atoms with Gasteiger partial charge in [-0.05, 0) is 63.7 Å². The molecule has 3 aliphatic rings. The SMILES string of the molecule is CCCCC[C@@H](/C=C/[C@@H]1[C@@H](CCCCCCC(=O)O)[C@@H](O)C[C@H]1OC1CCCCO1)OC1CCCCO1. The minimum Gasteiger partial charge on any atom is -0.481 e. The maximum absolute atomic E-state index is 11.1. The van der Waals surface area contributed by atoms with Crippen LogP contribution in [-0.2, 0) is 23.7 Å². The number of hydrogen-bond donors (Lipinski definition) is 2. The van der Waals surface area contributed by atoms with Gasteiger partial charge in [-0.3, -0.25) is 4.79 Å². The second-order valence-corrected chi connectivity index (χ2v) is 11.2. The first kappa shape index (κ1) is 30.6. The minimum absolute atomic E-state index is 0.00985. The lowest BCUT2D eigenvalue weighted by Crippen LogP contribution is -2.31. The Balaban J connectivity index is 1.63. The van der Waals surface area contributed by atoms with Crippen molar-refractivity contribution in [2.24, 2.45) is 11.8 Å². The third-order valence-corrected chi connectivity index (χ3v) is 8.14. The van der Waals surface area contributed by atoms with E-state index in [9.17, 15) is 9.90 Å². The van der Waals surface area contributed by atoms with E-state index in [1.807, 2.05) is 0 Å². The van der Waals surface area contributed by atoms with Crippen molar-refractivity contribution in [1.29, 1.82) is 0 Å². The highest BCUT2D eigenvalue weighted by atomic mass is 16.7. The molecule has 1 aliphatic carbocycles. The Hall–Kier alpha value is -0.990. The number of rotatable bonds is 17. The molecule has 2 heterocycles. The molecular weight excluding hydrogens is 472 g/mol. The second kappa shape index (κ2) is 17.6. The predicted octanol–water partition coefficient (Wildman–Crippen LogP) is 6.37. The summed E-state index contributed by atoms with van der Waals surface area (Å²) >= 11 is 0. The molecular formula is C30H52O7. The van der Waals surface area contributed by atoms with E-state index in [4.69, 9.17) is 24.1 Å². The van der Waals surface area contributed by atoms with Crippen molar-refractivity contribution in [2.45, 2.75) is 147 Å². The number of carbonyl (C=O) groups is 1. The van der Waals surface area contributed by atoms with Gasteiger partial charge >= 0.3 is 5.97 Å². The van der Waals surface area contributed by atoms with E-state index < -0.39 is 12.1 Å². The lowest BCUT2D eigenvalue weighted by molar-refractivity contribution is -0.193. The fraction of sp³-hybridized carbons (Fsp3) is 0.900. The van der Waals surface area contributed by atoms with Crippen LogP contribution in [0, 0.1) is 11.8 Å². The van der Waals surface area contributed by atoms with Gasteiger partial charge in [-0.2, -0.15) is 0 Å². The first-order valence-corrected chi connectivity index (χ1v) is 15.2. The highest BCUT2D eigenvalue weighted by molar-refractivity contribution is 5.66. The van der Waals surface area contributed by atoms with E-state index in [1.54, 1.807) is 0 Å². The zero-order valence-corrected chi connectivity index (χ0v) is 23.1. The topological polar surface area (TPSA) is 94.5 Å². The molecule has 0 radical (unpaired) electrons. The quantitative estimate of drug-likeness (QED) is 0.169. The lowest BCUT2D eigenvalue weighted by Gasteiger charge is -2.30. The average molecular weight is 525 g/mol. The number of aliphatic hydroxyl groups excluding tert-OH is 1. The molecule has 2 N–H and O–H groups in total. The standard InChI is InChI=1S/C30H52O7/c1-2-3-6-13-23(36-29-16-9-11-20-34-29)18-19-25-24(14-7-4-5-8-15-28(32)33)26(31)22-27(25)37-30-17-10-12-21-35-30/h18-19,23-27,29-31H,2-17,20-22H2,1H3,(H,32,33)/b19-18+/t23-,24+,25+,26-,27+,29?,30?/m0/s1. The molecule has 2 saturated heterocycles. The zero-order chi connectivity index (χ0) is 26.3. The van der Waals surface area contributed by atoms with E-state index in [0.717, 1.165) is 96.7 Å². The van der Waals surface area contributed by atoms with Crippen molar-refractivity contribution in [3.63, 3.8) is 0 Å². The highest BCUT2D eigenvalue weighted by Crippen LogP contribution is 2.40. The molecule has 3 rings (SSSR count). The Kier molecular flexibility index (Phi) is 14.5. The van der Waals surface area contributed by atoms with Gasteiger partial charge in [-0.25, -0.2) is 0 Å². The number of ether oxygens (including phenoxy) is 4. The van der Waals surface area contributed by atoms with Gasteiger partial charge in [0, 0.05) is 32.0 Å². The first-order chi connectivity index (χ1) is 18.1. The zero-order valence-electron chi connectivity index (χ0n) is 23.1. The molecule has 214 valence electrons. The molecule has 2 aliphatic heterocycles. The van der Waals surface area contributed by atoms with E-state index in [0.29, 0.717) is 6.42 Å². The third kappa shape index (κ3) is 11.3. The summed E-state index contributed by atoms with van der Waals surface area (Å²) in [6.07, 6.45) is 19.9. The predicted molar refractivity (Wildman–Crippen MR) is 143 cm³/mol. The molecule has 7 heteroatoms. The molecule has 1 saturated carbocycles. The molecule has 7 nitrogen and oxygen atoms in total. The van der Waals surface area contributed by atoms with Crippen LogP contribution in [0.4, 0.5) is 0 Å². The molecule has 3 fully saturated rings. The number of hydrogen-bond acceptors (Lipinski definition) is 6. The van der Waals surface area contributed by atoms with E-state index in [1.165, 1.54) is 12.8 Å². The summed E-state index contributed by atoms with van der Waals surface area (Å²) in [7, 11) is 0. The van der Waals surface area contributed by atoms with Crippen molar-refractivity contribution >= 4 is 5.97 Å². The van der Waals surface area contributed by atoms with Gasteiger partial charge < -0.3 is 29.2 Å². The van der Waals surface area contributed by atoms with Crippen LogP contribution in [-0.4, -0.2) is 60.3 Å². The Morgan fingerprint density at radius 1 is 0.973 bits per heavy atom. The molecule has 0 aromatic heterocycles. The molecule has 0 amide bonds. The van der Waals surface area contributed by atoms with Crippen LogP contribution in [0.5, 0.6) is 0 Å². The summed E-state index contributed by atoms with van der Waals surface area (Å²) < 4.78 is 24.6. The molecule has 7 atom stereocenters. The Morgan fingerprint density at radius 3 is 2.38 bits per heavy atom. The molecule has 2 unspecified atom stereocenters. The number of carboxylic acid groups (broad SMARTS) is 1. The van der Waals surface area contributed by atoms with Crippen LogP contribution < -0.4 is 0 Å². The van der Waals surface area contributed by atoms with Crippen LogP contribution in [0.25, 0.3) is 0 Å². The monoisotopic (exact) mass is 524 g/mol. The summed E-state index contributed by atoms with van der Waals surface area (Å²) in [5, 5.41) is 19.9. The number of aliphatic hydroxyl groups is 1. The summed E-state index contributed by atoms with van der Waals surface area (Å²) in [6, 6.07) is 0. The normalized spacial score (nSPS) is 31.6. The van der Waals surface area contributed by atoms with Gasteiger partial charge in [0.2, 0.25) is 0 Å². The van der Waals surface area contributed by atoms with Gasteiger partial charge in [0.15, 0.2) is 12.6 Å². The third-order valence-electron chi connectivity index (χ3n) is 8.14. The van der Waals surface area contributed by atoms with Crippen LogP contribution in [0.2, 0.25) is 0 Å². The van der Waals surface area contributed by atoms with Crippen molar-refractivity contribution < 1.29 is 34.0 Å². The fourth-order valence-electron chi connectivity index (χ4n) is 5.99. The largest absolute Gasteiger partial charge is 0.481 e. The van der Waals surface area contributed by atoms with Crippen LogP contribution in [0.1, 0.15) is 116 Å². The molecule has 0 bridgehead atoms. The maximum atomic E-state index is 11.1. The number of carboxylic acids is 1. The van der Waals surface area contributed by atoms with E-state index in [-0.39, 0.29) is 43.0 Å². The number of unbranched alkanes of at least 4 members (excludes halogenated alkanes) is 5. The summed E-state index contributed by atoms with van der Waals surface area (Å²) in [5.74, 6) is -0.480. The first-order valence-electron chi connectivity index (χ1n) is 15.2. The van der Waals surface area contributed by atoms with Crippen molar-refractivity contribution in [3.05, 3.63) is 12.2 Å².